The lowest BCUT2D eigenvalue weighted by atomic mass is 9.98. The summed E-state index contributed by atoms with van der Waals surface area (Å²) in [4.78, 5) is 23.0. The number of hydrogen-bond donors (Lipinski definition) is 1. The first-order valence-corrected chi connectivity index (χ1v) is 9.22. The molecule has 0 saturated heterocycles. The van der Waals surface area contributed by atoms with Crippen molar-refractivity contribution >= 4 is 11.9 Å². The van der Waals surface area contributed by atoms with Gasteiger partial charge in [-0.15, -0.1) is 0 Å². The molecule has 0 unspecified atom stereocenters. The molecule has 156 valence electrons. The average molecular weight is 401 g/mol. The molecule has 0 aliphatic heterocycles. The Morgan fingerprint density at radius 3 is 2.14 bits per heavy atom. The number of esters is 1. The smallest absolute Gasteiger partial charge is 0.308 e. The third-order valence-electron chi connectivity index (χ3n) is 4.35. The lowest BCUT2D eigenvalue weighted by Crippen LogP contribution is -2.26. The fraction of sp³-hybridized carbons (Fsp3) is 0.364. The number of amides is 1. The normalized spacial score (nSPS) is 11.3. The molecule has 1 N–H and O–H groups in total. The summed E-state index contributed by atoms with van der Waals surface area (Å²) in [5.74, 6) is 1.60. The van der Waals surface area contributed by atoms with Crippen molar-refractivity contribution in [2.75, 3.05) is 21.3 Å². The number of carbonyl (C=O) groups excluding carboxylic acids is 2. The second kappa shape index (κ2) is 10.4. The molecular formula is C22H27NO6. The van der Waals surface area contributed by atoms with E-state index in [0.717, 1.165) is 11.1 Å². The topological polar surface area (TPSA) is 83.1 Å². The van der Waals surface area contributed by atoms with Crippen LogP contribution in [0, 0.1) is 0 Å². The maximum Gasteiger partial charge on any atom is 0.308 e. The molecule has 0 radical (unpaired) electrons. The largest absolute Gasteiger partial charge is 0.493 e. The van der Waals surface area contributed by atoms with Gasteiger partial charge in [0, 0.05) is 13.8 Å². The molecule has 0 spiro atoms. The first-order valence-electron chi connectivity index (χ1n) is 9.22. The predicted octanol–water partition coefficient (Wildman–Crippen LogP) is 3.45. The number of ether oxygens (including phenoxy) is 4. The zero-order chi connectivity index (χ0) is 21.4. The van der Waals surface area contributed by atoms with E-state index in [9.17, 15) is 9.59 Å². The molecule has 2 aromatic rings. The molecule has 1 amide bonds. The van der Waals surface area contributed by atoms with Crippen molar-refractivity contribution in [3.05, 3.63) is 47.5 Å². The maximum atomic E-state index is 11.7. The van der Waals surface area contributed by atoms with Gasteiger partial charge in [0.05, 0.1) is 27.4 Å². The quantitative estimate of drug-likeness (QED) is 0.512. The number of aryl methyl sites for hydroxylation is 1. The standard InChI is InChI=1S/C22H27NO6/c1-14(24)23-19(17-7-6-8-18(13-17)29-15(2)25)10-9-16-11-20(26-3)22(28-5)21(12-16)27-4/h6-8,11-13,19H,9-10H2,1-5H3,(H,23,24)/t19-/m0/s1. The van der Waals surface area contributed by atoms with Crippen LogP contribution in [0.25, 0.3) is 0 Å². The zero-order valence-electron chi connectivity index (χ0n) is 17.4. The third kappa shape index (κ3) is 6.14. The summed E-state index contributed by atoms with van der Waals surface area (Å²) in [5.41, 5.74) is 1.83. The van der Waals surface area contributed by atoms with Crippen LogP contribution in [0.5, 0.6) is 23.0 Å². The highest BCUT2D eigenvalue weighted by molar-refractivity contribution is 5.73. The van der Waals surface area contributed by atoms with Crippen LogP contribution in [0.2, 0.25) is 0 Å². The average Bonchev–Trinajstić information content (AvgIpc) is 2.69. The molecule has 0 aliphatic rings. The molecule has 7 heteroatoms. The fourth-order valence-corrected chi connectivity index (χ4v) is 3.12. The molecule has 0 aromatic heterocycles. The minimum Gasteiger partial charge on any atom is -0.493 e. The van der Waals surface area contributed by atoms with Crippen molar-refractivity contribution in [2.45, 2.75) is 32.7 Å². The van der Waals surface area contributed by atoms with Gasteiger partial charge >= 0.3 is 5.97 Å². The van der Waals surface area contributed by atoms with Crippen LogP contribution in [-0.2, 0) is 16.0 Å². The van der Waals surface area contributed by atoms with E-state index >= 15 is 0 Å². The lowest BCUT2D eigenvalue weighted by Gasteiger charge is -2.20. The second-order valence-corrected chi connectivity index (χ2v) is 6.49. The Hall–Kier alpha value is -3.22. The van der Waals surface area contributed by atoms with Gasteiger partial charge < -0.3 is 24.3 Å². The van der Waals surface area contributed by atoms with Crippen molar-refractivity contribution in [3.63, 3.8) is 0 Å². The Bertz CT molecular complexity index is 839. The number of hydrogen-bond acceptors (Lipinski definition) is 6. The van der Waals surface area contributed by atoms with Gasteiger partial charge in [-0.05, 0) is 48.2 Å². The summed E-state index contributed by atoms with van der Waals surface area (Å²) >= 11 is 0. The molecule has 1 atom stereocenters. The fourth-order valence-electron chi connectivity index (χ4n) is 3.12. The first kappa shape index (κ1) is 22.1. The van der Waals surface area contributed by atoms with E-state index in [1.807, 2.05) is 18.2 Å². The van der Waals surface area contributed by atoms with E-state index in [4.69, 9.17) is 18.9 Å². The van der Waals surface area contributed by atoms with Gasteiger partial charge in [0.15, 0.2) is 11.5 Å². The van der Waals surface area contributed by atoms with Crippen LogP contribution in [0.3, 0.4) is 0 Å². The Labute approximate surface area is 170 Å². The summed E-state index contributed by atoms with van der Waals surface area (Å²) in [6.45, 7) is 2.82. The maximum absolute atomic E-state index is 11.7. The Kier molecular flexibility index (Phi) is 7.88. The molecule has 0 aliphatic carbocycles. The minimum atomic E-state index is -0.393. The van der Waals surface area contributed by atoms with E-state index < -0.39 is 5.97 Å². The zero-order valence-corrected chi connectivity index (χ0v) is 17.4. The SMILES string of the molecule is COc1cc(CC[C@H](NC(C)=O)c2cccc(OC(C)=O)c2)cc(OC)c1OC. The van der Waals surface area contributed by atoms with Crippen molar-refractivity contribution in [3.8, 4) is 23.0 Å². The number of rotatable bonds is 9. The molecule has 29 heavy (non-hydrogen) atoms. The number of methoxy groups -OCH3 is 3. The number of nitrogens with one attached hydrogen (secondary N) is 1. The van der Waals surface area contributed by atoms with Crippen LogP contribution in [-0.4, -0.2) is 33.2 Å². The van der Waals surface area contributed by atoms with Crippen LogP contribution < -0.4 is 24.3 Å². The van der Waals surface area contributed by atoms with Gasteiger partial charge in [-0.1, -0.05) is 12.1 Å². The van der Waals surface area contributed by atoms with Crippen LogP contribution in [0.4, 0.5) is 0 Å². The summed E-state index contributed by atoms with van der Waals surface area (Å²) in [6, 6.07) is 10.7. The Morgan fingerprint density at radius 1 is 0.966 bits per heavy atom. The summed E-state index contributed by atoms with van der Waals surface area (Å²) < 4.78 is 21.3. The summed E-state index contributed by atoms with van der Waals surface area (Å²) in [6.07, 6.45) is 1.28. The summed E-state index contributed by atoms with van der Waals surface area (Å²) in [7, 11) is 4.70. The molecule has 0 saturated carbocycles. The van der Waals surface area contributed by atoms with Gasteiger partial charge in [0.1, 0.15) is 5.75 Å². The third-order valence-corrected chi connectivity index (χ3v) is 4.35. The van der Waals surface area contributed by atoms with Crippen LogP contribution >= 0.6 is 0 Å². The monoisotopic (exact) mass is 401 g/mol. The minimum absolute atomic E-state index is 0.141. The first-order chi connectivity index (χ1) is 13.9. The highest BCUT2D eigenvalue weighted by atomic mass is 16.5. The number of benzene rings is 2. The molecule has 2 aromatic carbocycles. The van der Waals surface area contributed by atoms with Crippen LogP contribution in [0.1, 0.15) is 37.4 Å². The lowest BCUT2D eigenvalue weighted by molar-refractivity contribution is -0.131. The molecule has 7 nitrogen and oxygen atoms in total. The van der Waals surface area contributed by atoms with Gasteiger partial charge in [0.25, 0.3) is 0 Å². The van der Waals surface area contributed by atoms with E-state index in [1.165, 1.54) is 13.8 Å². The van der Waals surface area contributed by atoms with Gasteiger partial charge in [-0.3, -0.25) is 9.59 Å². The van der Waals surface area contributed by atoms with Crippen LogP contribution in [0.15, 0.2) is 36.4 Å². The molecule has 0 fully saturated rings. The van der Waals surface area contributed by atoms with Gasteiger partial charge in [-0.25, -0.2) is 0 Å². The highest BCUT2D eigenvalue weighted by Gasteiger charge is 2.17. The van der Waals surface area contributed by atoms with E-state index in [-0.39, 0.29) is 11.9 Å². The Morgan fingerprint density at radius 2 is 1.62 bits per heavy atom. The van der Waals surface area contributed by atoms with Crippen molar-refractivity contribution < 1.29 is 28.5 Å². The Balaban J connectivity index is 2.26. The molecule has 2 rings (SSSR count). The van der Waals surface area contributed by atoms with E-state index in [1.54, 1.807) is 39.5 Å². The molecular weight excluding hydrogens is 374 g/mol. The van der Waals surface area contributed by atoms with Crippen molar-refractivity contribution in [2.24, 2.45) is 0 Å². The van der Waals surface area contributed by atoms with Gasteiger partial charge in [-0.2, -0.15) is 0 Å². The van der Waals surface area contributed by atoms with E-state index in [2.05, 4.69) is 5.32 Å². The van der Waals surface area contributed by atoms with Gasteiger partial charge in [0.2, 0.25) is 11.7 Å². The number of carbonyl (C=O) groups is 2. The van der Waals surface area contributed by atoms with E-state index in [0.29, 0.717) is 35.8 Å². The van der Waals surface area contributed by atoms with Crippen molar-refractivity contribution in [1.82, 2.24) is 5.32 Å². The molecule has 0 bridgehead atoms. The molecule has 0 heterocycles. The summed E-state index contributed by atoms with van der Waals surface area (Å²) in [5, 5.41) is 2.96. The predicted molar refractivity (Wildman–Crippen MR) is 109 cm³/mol. The van der Waals surface area contributed by atoms with Crippen molar-refractivity contribution in [1.29, 1.82) is 0 Å². The highest BCUT2D eigenvalue weighted by Crippen LogP contribution is 2.38. The second-order valence-electron chi connectivity index (χ2n) is 6.49.